The molecule has 1 radical (unpaired) electrons. The molecule has 7 heteroatoms. The van der Waals surface area contributed by atoms with Crippen LogP contribution in [0.3, 0.4) is 0 Å². The van der Waals surface area contributed by atoms with E-state index in [0.717, 1.165) is 0 Å². The van der Waals surface area contributed by atoms with Crippen LogP contribution in [0.1, 0.15) is 0 Å². The van der Waals surface area contributed by atoms with Crippen molar-refractivity contribution >= 4 is 29.0 Å². The predicted octanol–water partition coefficient (Wildman–Crippen LogP) is 1.98. The Hall–Kier alpha value is -0.0100. The monoisotopic (exact) mass is 187 g/mol. The predicted molar refractivity (Wildman–Crippen MR) is 35.4 cm³/mol. The smallest absolute Gasteiger partial charge is 0.250 e. The zero-order valence-corrected chi connectivity index (χ0v) is 6.18. The van der Waals surface area contributed by atoms with Crippen LogP contribution < -0.4 is 0 Å². The van der Waals surface area contributed by atoms with E-state index in [4.69, 9.17) is 0 Å². The minimum Gasteiger partial charge on any atom is -0.250 e. The molecule has 0 unspecified atom stereocenters. The molecule has 0 saturated carbocycles. The molecule has 0 fully saturated rings. The fourth-order valence-electron chi connectivity index (χ4n) is 0.406. The van der Waals surface area contributed by atoms with Crippen LogP contribution in [-0.2, 0) is 0 Å². The minimum atomic E-state index is -4.32. The Morgan fingerprint density at radius 2 is 2.20 bits per heavy atom. The zero-order valence-electron chi connectivity index (χ0n) is 4.55. The van der Waals surface area contributed by atoms with Crippen molar-refractivity contribution in [2.45, 2.75) is 6.30 Å². The Balaban J connectivity index is 2.50. The lowest BCUT2D eigenvalue weighted by molar-refractivity contribution is -0.204. The van der Waals surface area contributed by atoms with E-state index in [9.17, 15) is 13.2 Å². The van der Waals surface area contributed by atoms with Crippen LogP contribution >= 0.6 is 24.6 Å². The van der Waals surface area contributed by atoms with Gasteiger partial charge in [-0.25, -0.2) is 4.99 Å². The number of hydrogen-bond donors (Lipinski definition) is 0. The molecule has 0 aromatic rings. The second-order valence-electron chi connectivity index (χ2n) is 1.50. The molecule has 0 N–H and O–H groups in total. The fourth-order valence-corrected chi connectivity index (χ4v) is 1.26. The van der Waals surface area contributed by atoms with Crippen LogP contribution in [0, 0.1) is 0 Å². The number of aliphatic imine (C=N–C) groups is 1. The molecule has 0 aromatic heterocycles. The highest BCUT2D eigenvalue weighted by Gasteiger charge is 2.40. The summed E-state index contributed by atoms with van der Waals surface area (Å²) in [6.45, 7) is -0.382. The molecule has 1 heterocycles. The molecule has 57 valence electrons. The maximum atomic E-state index is 11.7. The van der Waals surface area contributed by atoms with E-state index in [1.165, 1.54) is 0 Å². The van der Waals surface area contributed by atoms with Gasteiger partial charge in [-0.3, -0.25) is 0 Å². The summed E-state index contributed by atoms with van der Waals surface area (Å²) >= 11 is 4.87. The van der Waals surface area contributed by atoms with E-state index in [0.29, 0.717) is 11.9 Å². The summed E-state index contributed by atoms with van der Waals surface area (Å²) in [5.41, 5.74) is 0. The van der Waals surface area contributed by atoms with Crippen LogP contribution in [0.15, 0.2) is 4.99 Å². The van der Waals surface area contributed by atoms with Gasteiger partial charge in [0.2, 0.25) is 0 Å². The maximum absolute atomic E-state index is 11.7. The SMILES string of the molecule is FC(F)(F)N1CN=C([S])S1. The van der Waals surface area contributed by atoms with Crippen molar-refractivity contribution in [1.29, 1.82) is 0 Å². The first-order valence-electron chi connectivity index (χ1n) is 2.24. The highest BCUT2D eigenvalue weighted by Crippen LogP contribution is 2.33. The van der Waals surface area contributed by atoms with Gasteiger partial charge in [0.1, 0.15) is 6.67 Å². The first-order chi connectivity index (χ1) is 4.50. The summed E-state index contributed by atoms with van der Waals surface area (Å²) in [5, 5.41) is 0. The standard InChI is InChI=1S/C3H2F3N2S2/c4-3(5,6)8-1-7-2(9)10-8/h1H2. The molecule has 10 heavy (non-hydrogen) atoms. The van der Waals surface area contributed by atoms with Crippen LogP contribution in [0.5, 0.6) is 0 Å². The minimum absolute atomic E-state index is 0.0392. The fraction of sp³-hybridized carbons (Fsp3) is 0.667. The van der Waals surface area contributed by atoms with E-state index < -0.39 is 6.30 Å². The third-order valence-electron chi connectivity index (χ3n) is 0.799. The van der Waals surface area contributed by atoms with Crippen LogP contribution in [0.2, 0.25) is 0 Å². The van der Waals surface area contributed by atoms with Gasteiger partial charge in [-0.05, 0) is 24.6 Å². The number of nitrogens with zero attached hydrogens (tertiary/aromatic N) is 2. The van der Waals surface area contributed by atoms with Crippen molar-refractivity contribution in [3.63, 3.8) is 0 Å². The Kier molecular flexibility index (Phi) is 2.07. The zero-order chi connectivity index (χ0) is 7.78. The summed E-state index contributed by atoms with van der Waals surface area (Å²) in [6.07, 6.45) is -4.32. The third-order valence-corrected chi connectivity index (χ3v) is 1.98. The van der Waals surface area contributed by atoms with Crippen molar-refractivity contribution in [3.05, 3.63) is 0 Å². The van der Waals surface area contributed by atoms with Gasteiger partial charge in [0.15, 0.2) is 4.38 Å². The molecule has 0 spiro atoms. The average Bonchev–Trinajstić information content (AvgIpc) is 2.11. The Morgan fingerprint density at radius 1 is 1.60 bits per heavy atom. The summed E-state index contributed by atoms with van der Waals surface area (Å²) < 4.78 is 35.4. The molecule has 0 bridgehead atoms. The van der Waals surface area contributed by atoms with Crippen LogP contribution in [0.4, 0.5) is 13.2 Å². The molecule has 2 nitrogen and oxygen atoms in total. The van der Waals surface area contributed by atoms with Gasteiger partial charge < -0.3 is 0 Å². The van der Waals surface area contributed by atoms with E-state index in [1.807, 2.05) is 0 Å². The number of alkyl halides is 3. The van der Waals surface area contributed by atoms with Crippen molar-refractivity contribution in [3.8, 4) is 0 Å². The third kappa shape index (κ3) is 1.74. The Bertz CT molecular complexity index is 166. The topological polar surface area (TPSA) is 15.6 Å². The van der Waals surface area contributed by atoms with Crippen molar-refractivity contribution < 1.29 is 13.2 Å². The molecule has 0 aromatic carbocycles. The lowest BCUT2D eigenvalue weighted by Crippen LogP contribution is -2.29. The lowest BCUT2D eigenvalue weighted by Gasteiger charge is -2.14. The van der Waals surface area contributed by atoms with Crippen molar-refractivity contribution in [1.82, 2.24) is 4.31 Å². The Morgan fingerprint density at radius 3 is 2.40 bits per heavy atom. The summed E-state index contributed by atoms with van der Waals surface area (Å²) in [5.74, 6) is 0. The molecule has 0 amide bonds. The Labute approximate surface area is 65.0 Å². The molecule has 1 aliphatic heterocycles. The van der Waals surface area contributed by atoms with Gasteiger partial charge in [0.05, 0.1) is 0 Å². The van der Waals surface area contributed by atoms with Gasteiger partial charge >= 0.3 is 6.30 Å². The van der Waals surface area contributed by atoms with Gasteiger partial charge in [-0.2, -0.15) is 13.2 Å². The van der Waals surface area contributed by atoms with E-state index >= 15 is 0 Å². The number of hydrogen-bond acceptors (Lipinski definition) is 3. The van der Waals surface area contributed by atoms with Gasteiger partial charge in [-0.1, -0.05) is 0 Å². The second kappa shape index (κ2) is 2.55. The van der Waals surface area contributed by atoms with Crippen LogP contribution in [0.25, 0.3) is 0 Å². The van der Waals surface area contributed by atoms with Crippen LogP contribution in [-0.4, -0.2) is 21.6 Å². The molecular weight excluding hydrogens is 185 g/mol. The van der Waals surface area contributed by atoms with Gasteiger partial charge in [-0.15, -0.1) is 4.31 Å². The molecule has 0 atom stereocenters. The average molecular weight is 187 g/mol. The first-order valence-corrected chi connectivity index (χ1v) is 3.42. The van der Waals surface area contributed by atoms with E-state index in [2.05, 4.69) is 17.6 Å². The maximum Gasteiger partial charge on any atom is 0.471 e. The first kappa shape index (κ1) is 8.09. The lowest BCUT2D eigenvalue weighted by atomic mass is 11.0. The second-order valence-corrected chi connectivity index (χ2v) is 3.16. The largest absolute Gasteiger partial charge is 0.471 e. The van der Waals surface area contributed by atoms with Gasteiger partial charge in [0, 0.05) is 0 Å². The van der Waals surface area contributed by atoms with Gasteiger partial charge in [0.25, 0.3) is 0 Å². The number of rotatable bonds is 0. The summed E-state index contributed by atoms with van der Waals surface area (Å²) in [7, 11) is 0. The molecule has 1 rings (SSSR count). The summed E-state index contributed by atoms with van der Waals surface area (Å²) in [4.78, 5) is 3.38. The molecule has 0 aliphatic carbocycles. The van der Waals surface area contributed by atoms with E-state index in [-0.39, 0.29) is 15.3 Å². The van der Waals surface area contributed by atoms with E-state index in [1.54, 1.807) is 0 Å². The highest BCUT2D eigenvalue weighted by molar-refractivity contribution is 8.31. The number of halogens is 3. The summed E-state index contributed by atoms with van der Waals surface area (Å²) in [6, 6.07) is 0. The molecule has 1 aliphatic rings. The molecule has 0 saturated heterocycles. The highest BCUT2D eigenvalue weighted by atomic mass is 32.2. The molecular formula is C3H2F3N2S2. The van der Waals surface area contributed by atoms with Crippen molar-refractivity contribution in [2.75, 3.05) is 6.67 Å². The van der Waals surface area contributed by atoms with Crippen molar-refractivity contribution in [2.24, 2.45) is 4.99 Å². The quantitative estimate of drug-likeness (QED) is 0.425. The normalized spacial score (nSPS) is 21.3.